The van der Waals surface area contributed by atoms with Crippen molar-refractivity contribution in [2.24, 2.45) is 0 Å². The van der Waals surface area contributed by atoms with Crippen molar-refractivity contribution in [3.63, 3.8) is 0 Å². The van der Waals surface area contributed by atoms with E-state index >= 15 is 0 Å². The van der Waals surface area contributed by atoms with E-state index in [4.69, 9.17) is 0 Å². The van der Waals surface area contributed by atoms with E-state index in [2.05, 4.69) is 163 Å². The minimum absolute atomic E-state index is 0.259. The van der Waals surface area contributed by atoms with Crippen molar-refractivity contribution in [2.75, 3.05) is 4.90 Å². The number of para-hydroxylation sites is 1. The Bertz CT molecular complexity index is 2070. The summed E-state index contributed by atoms with van der Waals surface area (Å²) in [6.07, 6.45) is 24.7. The van der Waals surface area contributed by atoms with Gasteiger partial charge < -0.3 is 4.90 Å². The molecule has 0 amide bonds. The Labute approximate surface area is 272 Å². The fourth-order valence-electron chi connectivity index (χ4n) is 8.33. The molecule has 45 heavy (non-hydrogen) atoms. The molecule has 4 aromatic carbocycles. The molecule has 4 aromatic rings. The summed E-state index contributed by atoms with van der Waals surface area (Å²) in [5.74, 6) is 0.502. The molecule has 9 rings (SSSR count). The molecule has 2 aliphatic heterocycles. The van der Waals surface area contributed by atoms with E-state index in [0.717, 1.165) is 19.3 Å². The maximum Gasteiger partial charge on any atom is 0.109 e. The third kappa shape index (κ3) is 4.28. The molecule has 3 atom stereocenters. The van der Waals surface area contributed by atoms with Gasteiger partial charge in [0.15, 0.2) is 0 Å². The van der Waals surface area contributed by atoms with E-state index in [0.29, 0.717) is 11.2 Å². The Kier molecular flexibility index (Phi) is 6.37. The number of anilines is 1. The van der Waals surface area contributed by atoms with Gasteiger partial charge in [0.2, 0.25) is 0 Å². The van der Waals surface area contributed by atoms with Gasteiger partial charge in [-0.2, -0.15) is 0 Å². The van der Waals surface area contributed by atoms with Gasteiger partial charge in [0, 0.05) is 33.0 Å². The number of fused-ring (bicyclic) bond motifs is 7. The molecule has 1 nitrogen and oxygen atoms in total. The Morgan fingerprint density at radius 3 is 2.53 bits per heavy atom. The zero-order valence-electron chi connectivity index (χ0n) is 25.9. The zero-order chi connectivity index (χ0) is 30.1. The molecule has 0 N–H and O–H groups in total. The van der Waals surface area contributed by atoms with Crippen LogP contribution in [0, 0.1) is 0 Å². The van der Waals surface area contributed by atoms with Crippen LogP contribution in [0.15, 0.2) is 149 Å². The highest BCUT2D eigenvalue weighted by molar-refractivity contribution is 8.00. The highest BCUT2D eigenvalue weighted by Gasteiger charge is 2.45. The predicted octanol–water partition coefficient (Wildman–Crippen LogP) is 10.5. The fraction of sp³-hybridized carbons (Fsp3) is 0.190. The maximum absolute atomic E-state index is 2.65. The Morgan fingerprint density at radius 1 is 0.800 bits per heavy atom. The molecule has 0 aromatic heterocycles. The van der Waals surface area contributed by atoms with Crippen LogP contribution in [-0.4, -0.2) is 19.4 Å². The molecule has 5 aliphatic rings. The van der Waals surface area contributed by atoms with Crippen LogP contribution in [0.4, 0.5) is 5.69 Å². The average molecular weight is 616 g/mol. The molecule has 3 unspecified atom stereocenters. The summed E-state index contributed by atoms with van der Waals surface area (Å²) in [7, 11) is -1.85. The lowest BCUT2D eigenvalue weighted by Gasteiger charge is -2.38. The van der Waals surface area contributed by atoms with Gasteiger partial charge in [-0.15, -0.1) is 11.8 Å². The molecular weight excluding hydrogens is 579 g/mol. The summed E-state index contributed by atoms with van der Waals surface area (Å²) in [6, 6.07) is 29.9. The summed E-state index contributed by atoms with van der Waals surface area (Å²) in [5.41, 5.74) is 9.80. The molecule has 0 saturated carbocycles. The Morgan fingerprint density at radius 2 is 1.64 bits per heavy atom. The van der Waals surface area contributed by atoms with Crippen LogP contribution < -0.4 is 10.1 Å². The van der Waals surface area contributed by atoms with Crippen LogP contribution in [0.2, 0.25) is 13.1 Å². The van der Waals surface area contributed by atoms with Crippen LogP contribution in [-0.2, 0) is 0 Å². The average Bonchev–Trinajstić information content (AvgIpc) is 3.57. The number of rotatable bonds is 4. The molecule has 220 valence electrons. The molecule has 0 saturated heterocycles. The summed E-state index contributed by atoms with van der Waals surface area (Å²) in [4.78, 5) is 4.20. The molecule has 3 aliphatic carbocycles. The van der Waals surface area contributed by atoms with Gasteiger partial charge in [-0.05, 0) is 75.7 Å². The summed E-state index contributed by atoms with van der Waals surface area (Å²) < 4.78 is 0. The number of nitrogens with zero attached hydrogens (tertiary/aromatic N) is 1. The zero-order valence-corrected chi connectivity index (χ0v) is 27.7. The van der Waals surface area contributed by atoms with E-state index in [1.54, 1.807) is 20.8 Å². The molecule has 0 radical (unpaired) electrons. The summed E-state index contributed by atoms with van der Waals surface area (Å²) in [5, 5.41) is 6.45. The second kappa shape index (κ2) is 10.5. The molecular formula is C42H37NSSi. The van der Waals surface area contributed by atoms with Gasteiger partial charge in [-0.1, -0.05) is 134 Å². The molecule has 0 bridgehead atoms. The van der Waals surface area contributed by atoms with Crippen molar-refractivity contribution >= 4 is 47.1 Å². The smallest absolute Gasteiger partial charge is 0.109 e. The van der Waals surface area contributed by atoms with Crippen molar-refractivity contribution in [2.45, 2.75) is 54.5 Å². The van der Waals surface area contributed by atoms with Gasteiger partial charge in [0.1, 0.15) is 8.07 Å². The third-order valence-corrected chi connectivity index (χ3v) is 15.8. The van der Waals surface area contributed by atoms with Gasteiger partial charge >= 0.3 is 0 Å². The fourth-order valence-corrected chi connectivity index (χ4v) is 13.2. The first-order chi connectivity index (χ1) is 22.1. The van der Waals surface area contributed by atoms with Gasteiger partial charge in [0.25, 0.3) is 0 Å². The van der Waals surface area contributed by atoms with Crippen molar-refractivity contribution in [3.05, 3.63) is 156 Å². The first-order valence-electron chi connectivity index (χ1n) is 16.4. The first kappa shape index (κ1) is 27.3. The molecule has 0 fully saturated rings. The van der Waals surface area contributed by atoms with E-state index in [1.165, 1.54) is 44.4 Å². The normalized spacial score (nSPS) is 23.5. The number of thioether (sulfide) groups is 1. The van der Waals surface area contributed by atoms with Crippen LogP contribution in [0.3, 0.4) is 0 Å². The van der Waals surface area contributed by atoms with Gasteiger partial charge in [-0.25, -0.2) is 0 Å². The van der Waals surface area contributed by atoms with Gasteiger partial charge in [-0.3, -0.25) is 0 Å². The van der Waals surface area contributed by atoms with Crippen molar-refractivity contribution in [1.82, 2.24) is 0 Å². The van der Waals surface area contributed by atoms with E-state index in [9.17, 15) is 0 Å². The second-order valence-electron chi connectivity index (χ2n) is 13.5. The SMILES string of the molecule is C[Si]1(C)C2=C(C=CC(N(C3=CCCC=C3)c3ccccc3-c3ccc4ccccc4c3)C2)c2c1ccc1c2SC2C=CC=CC12. The van der Waals surface area contributed by atoms with Crippen LogP contribution >= 0.6 is 11.8 Å². The first-order valence-corrected chi connectivity index (χ1v) is 20.3. The lowest BCUT2D eigenvalue weighted by Crippen LogP contribution is -2.44. The number of benzene rings is 4. The minimum atomic E-state index is -1.85. The van der Waals surface area contributed by atoms with E-state index in [-0.39, 0.29) is 6.04 Å². The molecule has 2 heterocycles. The Hall–Kier alpha value is -4.05. The van der Waals surface area contributed by atoms with Gasteiger partial charge in [0.05, 0.1) is 6.04 Å². The van der Waals surface area contributed by atoms with E-state index in [1.807, 2.05) is 0 Å². The van der Waals surface area contributed by atoms with Crippen molar-refractivity contribution < 1.29 is 0 Å². The quantitative estimate of drug-likeness (QED) is 0.210. The highest BCUT2D eigenvalue weighted by Crippen LogP contribution is 2.54. The number of allylic oxidation sites excluding steroid dienone is 8. The largest absolute Gasteiger partial charge is 0.334 e. The Balaban J connectivity index is 1.15. The third-order valence-electron chi connectivity index (χ3n) is 10.6. The summed E-state index contributed by atoms with van der Waals surface area (Å²) >= 11 is 2.10. The number of hydrogen-bond donors (Lipinski definition) is 0. The van der Waals surface area contributed by atoms with E-state index < -0.39 is 8.07 Å². The molecule has 0 spiro atoms. The molecule has 3 heteroatoms. The van der Waals surface area contributed by atoms with Crippen LogP contribution in [0.25, 0.3) is 27.5 Å². The van der Waals surface area contributed by atoms with Crippen LogP contribution in [0.5, 0.6) is 0 Å². The second-order valence-corrected chi connectivity index (χ2v) is 19.1. The monoisotopic (exact) mass is 615 g/mol. The minimum Gasteiger partial charge on any atom is -0.334 e. The standard InChI is InChI=1S/C42H37NSSi/c1-45(2)39-25-24-35-34-17-9-11-19-38(34)44-42(35)41(39)36-23-22-32(27-40(36)45)43(31-14-4-3-5-15-31)37-18-10-8-16-33(37)30-21-20-28-12-6-7-13-29(28)26-30/h4,6-26,32,34,38H,3,5,27H2,1-2H3. The predicted molar refractivity (Wildman–Crippen MR) is 197 cm³/mol. The highest BCUT2D eigenvalue weighted by atomic mass is 32.2. The lowest BCUT2D eigenvalue weighted by molar-refractivity contribution is 0.748. The lowest BCUT2D eigenvalue weighted by atomic mass is 9.89. The van der Waals surface area contributed by atoms with Crippen LogP contribution in [0.1, 0.15) is 36.3 Å². The number of hydrogen-bond acceptors (Lipinski definition) is 2. The van der Waals surface area contributed by atoms with Crippen molar-refractivity contribution in [3.8, 4) is 11.1 Å². The summed E-state index contributed by atoms with van der Waals surface area (Å²) in [6.45, 7) is 5.19. The maximum atomic E-state index is 2.65. The topological polar surface area (TPSA) is 3.24 Å². The van der Waals surface area contributed by atoms with Crippen molar-refractivity contribution in [1.29, 1.82) is 0 Å².